The Morgan fingerprint density at radius 3 is 2.67 bits per heavy atom. The van der Waals surface area contributed by atoms with E-state index in [4.69, 9.17) is 10.5 Å². The van der Waals surface area contributed by atoms with Crippen LogP contribution in [0.5, 0.6) is 5.75 Å². The van der Waals surface area contributed by atoms with Crippen molar-refractivity contribution in [3.63, 3.8) is 0 Å². The largest absolute Gasteiger partial charge is 0.484 e. The van der Waals surface area contributed by atoms with Crippen molar-refractivity contribution >= 4 is 24.0 Å². The fourth-order valence-electron chi connectivity index (χ4n) is 1.38. The number of carbonyl (C=O) groups excluding carboxylic acids is 1. The van der Waals surface area contributed by atoms with Gasteiger partial charge in [0.2, 0.25) is 5.82 Å². The molecule has 1 aromatic rings. The second-order valence-corrected chi connectivity index (χ2v) is 4.25. The average molecular weight is 322 g/mol. The Labute approximate surface area is 127 Å². The van der Waals surface area contributed by atoms with Gasteiger partial charge in [0.1, 0.15) is 5.75 Å². The number of amides is 1. The number of nitrogens with zero attached hydrogens (tertiary/aromatic N) is 2. The molecule has 2 N–H and O–H groups in total. The monoisotopic (exact) mass is 321 g/mol. The van der Waals surface area contributed by atoms with E-state index in [0.29, 0.717) is 6.54 Å². The van der Waals surface area contributed by atoms with Gasteiger partial charge in [-0.2, -0.15) is 4.39 Å². The number of likely N-dealkylation sites (N-methyl/N-ethyl adjacent to an activating group) is 1. The molecule has 9 heteroatoms. The molecule has 0 spiro atoms. The summed E-state index contributed by atoms with van der Waals surface area (Å²) in [5.74, 6) is -1.28. The summed E-state index contributed by atoms with van der Waals surface area (Å²) in [5, 5.41) is 10.4. The minimum atomic E-state index is -1.01. The summed E-state index contributed by atoms with van der Waals surface area (Å²) in [6.45, 7) is 1.80. The zero-order valence-corrected chi connectivity index (χ0v) is 12.4. The standard InChI is InChI=1S/C12H16FN3O4.ClH/c1-8(6-14)15(2)12(17)7-20-9-3-4-11(16(18)19)10(13)5-9;/h3-5,8H,6-7,14H2,1-2H3;1H. The van der Waals surface area contributed by atoms with Gasteiger partial charge in [0.25, 0.3) is 5.91 Å². The maximum Gasteiger partial charge on any atom is 0.305 e. The Morgan fingerprint density at radius 2 is 2.19 bits per heavy atom. The first-order chi connectivity index (χ1) is 9.36. The summed E-state index contributed by atoms with van der Waals surface area (Å²) in [4.78, 5) is 22.8. The van der Waals surface area contributed by atoms with Gasteiger partial charge in [-0.05, 0) is 13.0 Å². The number of halogens is 2. The number of benzene rings is 1. The minimum Gasteiger partial charge on any atom is -0.484 e. The molecule has 1 atom stereocenters. The van der Waals surface area contributed by atoms with Crippen molar-refractivity contribution < 1.29 is 18.8 Å². The van der Waals surface area contributed by atoms with Crippen LogP contribution in [0, 0.1) is 15.9 Å². The third kappa shape index (κ3) is 5.16. The molecule has 1 unspecified atom stereocenters. The van der Waals surface area contributed by atoms with Crippen molar-refractivity contribution in [2.45, 2.75) is 13.0 Å². The van der Waals surface area contributed by atoms with Crippen molar-refractivity contribution in [2.75, 3.05) is 20.2 Å². The van der Waals surface area contributed by atoms with Gasteiger partial charge < -0.3 is 15.4 Å². The summed E-state index contributed by atoms with van der Waals surface area (Å²) in [6, 6.07) is 2.96. The summed E-state index contributed by atoms with van der Waals surface area (Å²) in [6.07, 6.45) is 0. The fraction of sp³-hybridized carbons (Fsp3) is 0.417. The Balaban J connectivity index is 0.00000400. The Morgan fingerprint density at radius 1 is 1.57 bits per heavy atom. The first-order valence-electron chi connectivity index (χ1n) is 5.89. The molecule has 0 aliphatic carbocycles. The van der Waals surface area contributed by atoms with Gasteiger partial charge in [-0.15, -0.1) is 12.4 Å². The van der Waals surface area contributed by atoms with Crippen molar-refractivity contribution in [3.8, 4) is 5.75 Å². The summed E-state index contributed by atoms with van der Waals surface area (Å²) in [5.41, 5.74) is 4.79. The second kappa shape index (κ2) is 8.38. The van der Waals surface area contributed by atoms with E-state index in [9.17, 15) is 19.3 Å². The van der Waals surface area contributed by atoms with E-state index in [0.717, 1.165) is 12.1 Å². The summed E-state index contributed by atoms with van der Waals surface area (Å²) >= 11 is 0. The normalized spacial score (nSPS) is 11.2. The molecule has 1 amide bonds. The van der Waals surface area contributed by atoms with Crippen LogP contribution in [-0.4, -0.2) is 42.0 Å². The highest BCUT2D eigenvalue weighted by atomic mass is 35.5. The number of hydrogen-bond acceptors (Lipinski definition) is 5. The lowest BCUT2D eigenvalue weighted by Gasteiger charge is -2.23. The van der Waals surface area contributed by atoms with E-state index in [2.05, 4.69) is 0 Å². The molecule has 0 saturated heterocycles. The molecular formula is C12H17ClFN3O4. The molecule has 0 heterocycles. The van der Waals surface area contributed by atoms with Crippen molar-refractivity contribution in [1.82, 2.24) is 4.90 Å². The molecule has 7 nitrogen and oxygen atoms in total. The summed E-state index contributed by atoms with van der Waals surface area (Å²) < 4.78 is 18.4. The average Bonchev–Trinajstić information content (AvgIpc) is 2.42. The SMILES string of the molecule is CC(CN)N(C)C(=O)COc1ccc([N+](=O)[O-])c(F)c1.Cl. The Hall–Kier alpha value is -1.93. The smallest absolute Gasteiger partial charge is 0.305 e. The van der Waals surface area contributed by atoms with Crippen molar-refractivity contribution in [3.05, 3.63) is 34.1 Å². The topological polar surface area (TPSA) is 98.7 Å². The number of rotatable bonds is 6. The number of nitrogens with two attached hydrogens (primary N) is 1. The van der Waals surface area contributed by atoms with Gasteiger partial charge in [-0.1, -0.05) is 0 Å². The molecule has 1 aromatic carbocycles. The van der Waals surface area contributed by atoms with E-state index in [1.54, 1.807) is 14.0 Å². The van der Waals surface area contributed by atoms with Gasteiger partial charge >= 0.3 is 5.69 Å². The van der Waals surface area contributed by atoms with E-state index in [-0.39, 0.29) is 36.7 Å². The number of nitro benzene ring substituents is 1. The van der Waals surface area contributed by atoms with Crippen LogP contribution in [-0.2, 0) is 4.79 Å². The first-order valence-corrected chi connectivity index (χ1v) is 5.89. The molecule has 0 aromatic heterocycles. The molecule has 21 heavy (non-hydrogen) atoms. The Bertz CT molecular complexity index is 515. The van der Waals surface area contributed by atoms with Gasteiger partial charge in [-0.3, -0.25) is 14.9 Å². The van der Waals surface area contributed by atoms with Gasteiger partial charge in [-0.25, -0.2) is 0 Å². The van der Waals surface area contributed by atoms with E-state index in [1.165, 1.54) is 11.0 Å². The maximum atomic E-state index is 13.3. The van der Waals surface area contributed by atoms with Crippen LogP contribution in [0.2, 0.25) is 0 Å². The molecule has 0 bridgehead atoms. The molecule has 118 valence electrons. The lowest BCUT2D eigenvalue weighted by molar-refractivity contribution is -0.387. The minimum absolute atomic E-state index is 0. The van der Waals surface area contributed by atoms with Crippen molar-refractivity contribution in [2.24, 2.45) is 5.73 Å². The highest BCUT2D eigenvalue weighted by molar-refractivity contribution is 5.85. The third-order valence-electron chi connectivity index (χ3n) is 2.87. The van der Waals surface area contributed by atoms with E-state index >= 15 is 0 Å². The zero-order valence-electron chi connectivity index (χ0n) is 11.6. The predicted molar refractivity (Wildman–Crippen MR) is 77.1 cm³/mol. The second-order valence-electron chi connectivity index (χ2n) is 4.25. The fourth-order valence-corrected chi connectivity index (χ4v) is 1.38. The van der Waals surface area contributed by atoms with Crippen LogP contribution in [0.3, 0.4) is 0 Å². The van der Waals surface area contributed by atoms with E-state index < -0.39 is 16.4 Å². The number of ether oxygens (including phenoxy) is 1. The lowest BCUT2D eigenvalue weighted by Crippen LogP contribution is -2.42. The van der Waals surface area contributed by atoms with Gasteiger partial charge in [0, 0.05) is 31.8 Å². The molecule has 0 radical (unpaired) electrons. The molecule has 0 aliphatic rings. The van der Waals surface area contributed by atoms with Crippen molar-refractivity contribution in [1.29, 1.82) is 0 Å². The lowest BCUT2D eigenvalue weighted by atomic mass is 10.3. The predicted octanol–water partition coefficient (Wildman–Crippen LogP) is 1.34. The van der Waals surface area contributed by atoms with Crippen LogP contribution < -0.4 is 10.5 Å². The van der Waals surface area contributed by atoms with E-state index in [1.807, 2.05) is 0 Å². The van der Waals surface area contributed by atoms with Gasteiger partial charge in [0.15, 0.2) is 6.61 Å². The molecule has 0 saturated carbocycles. The molecule has 0 aliphatic heterocycles. The summed E-state index contributed by atoms with van der Waals surface area (Å²) in [7, 11) is 1.58. The number of hydrogen-bond donors (Lipinski definition) is 1. The highest BCUT2D eigenvalue weighted by Crippen LogP contribution is 2.22. The maximum absolute atomic E-state index is 13.3. The highest BCUT2D eigenvalue weighted by Gasteiger charge is 2.17. The van der Waals surface area contributed by atoms with Gasteiger partial charge in [0.05, 0.1) is 4.92 Å². The number of nitro groups is 1. The number of carbonyl (C=O) groups is 1. The van der Waals surface area contributed by atoms with Crippen LogP contribution in [0.25, 0.3) is 0 Å². The Kier molecular flexibility index (Phi) is 7.61. The third-order valence-corrected chi connectivity index (χ3v) is 2.87. The quantitative estimate of drug-likeness (QED) is 0.629. The van der Waals surface area contributed by atoms with Crippen LogP contribution in [0.4, 0.5) is 10.1 Å². The van der Waals surface area contributed by atoms with Crippen LogP contribution >= 0.6 is 12.4 Å². The van der Waals surface area contributed by atoms with Crippen LogP contribution in [0.1, 0.15) is 6.92 Å². The van der Waals surface area contributed by atoms with Crippen LogP contribution in [0.15, 0.2) is 18.2 Å². The first kappa shape index (κ1) is 19.1. The molecule has 0 fully saturated rings. The molecule has 1 rings (SSSR count). The zero-order chi connectivity index (χ0) is 15.3. The molecular weight excluding hydrogens is 305 g/mol.